The molecule has 0 unspecified atom stereocenters. The molecule has 0 N–H and O–H groups in total. The van der Waals surface area contributed by atoms with E-state index in [-0.39, 0.29) is 5.04 Å². The standard InChI is InChI=1S/C21H28OSi/c1-5-6-13-18-22-23(21(2,3)4,19-14-9-7-10-15-19)20-16-11-8-12-17-20/h5,7-12,14-17H,1,6,13,18H2,2-4H3. The Labute approximate surface area is 142 Å². The van der Waals surface area contributed by atoms with Gasteiger partial charge in [0.1, 0.15) is 0 Å². The summed E-state index contributed by atoms with van der Waals surface area (Å²) in [5.74, 6) is 0. The van der Waals surface area contributed by atoms with Gasteiger partial charge in [-0.15, -0.1) is 6.58 Å². The highest BCUT2D eigenvalue weighted by Crippen LogP contribution is 2.36. The minimum atomic E-state index is -2.33. The molecule has 0 atom stereocenters. The molecule has 122 valence electrons. The third-order valence-corrected chi connectivity index (χ3v) is 9.33. The third kappa shape index (κ3) is 3.82. The Hall–Kier alpha value is -1.64. The van der Waals surface area contributed by atoms with Crippen molar-refractivity contribution >= 4 is 18.7 Å². The molecule has 0 aliphatic carbocycles. The zero-order valence-electron chi connectivity index (χ0n) is 14.6. The monoisotopic (exact) mass is 324 g/mol. The average molecular weight is 325 g/mol. The second-order valence-electron chi connectivity index (χ2n) is 6.94. The zero-order chi connectivity index (χ0) is 16.8. The van der Waals surface area contributed by atoms with Gasteiger partial charge >= 0.3 is 0 Å². The lowest BCUT2D eigenvalue weighted by molar-refractivity contribution is 0.293. The summed E-state index contributed by atoms with van der Waals surface area (Å²) in [7, 11) is -2.33. The van der Waals surface area contributed by atoms with E-state index in [9.17, 15) is 0 Å². The van der Waals surface area contributed by atoms with Crippen molar-refractivity contribution in [2.75, 3.05) is 6.61 Å². The maximum absolute atomic E-state index is 6.76. The van der Waals surface area contributed by atoms with Crippen LogP contribution in [0.25, 0.3) is 0 Å². The number of rotatable bonds is 7. The largest absolute Gasteiger partial charge is 0.407 e. The SMILES string of the molecule is C=CCCCO[Si](c1ccccc1)(c1ccccc1)C(C)(C)C. The molecule has 0 amide bonds. The fourth-order valence-electron chi connectivity index (χ4n) is 3.21. The van der Waals surface area contributed by atoms with E-state index in [4.69, 9.17) is 4.43 Å². The molecule has 0 saturated heterocycles. The van der Waals surface area contributed by atoms with Crippen LogP contribution in [-0.4, -0.2) is 14.9 Å². The van der Waals surface area contributed by atoms with Crippen LogP contribution >= 0.6 is 0 Å². The smallest absolute Gasteiger partial charge is 0.261 e. The summed E-state index contributed by atoms with van der Waals surface area (Å²) in [6.07, 6.45) is 3.99. The van der Waals surface area contributed by atoms with E-state index in [1.807, 2.05) is 6.08 Å². The lowest BCUT2D eigenvalue weighted by Gasteiger charge is -2.43. The van der Waals surface area contributed by atoms with Crippen molar-refractivity contribution < 1.29 is 4.43 Å². The normalized spacial score (nSPS) is 12.1. The van der Waals surface area contributed by atoms with E-state index >= 15 is 0 Å². The molecular weight excluding hydrogens is 296 g/mol. The summed E-state index contributed by atoms with van der Waals surface area (Å²) in [4.78, 5) is 0. The second kappa shape index (κ2) is 7.76. The van der Waals surface area contributed by atoms with Crippen LogP contribution in [0.3, 0.4) is 0 Å². The van der Waals surface area contributed by atoms with Crippen molar-refractivity contribution in [3.8, 4) is 0 Å². The van der Waals surface area contributed by atoms with Crippen molar-refractivity contribution in [1.82, 2.24) is 0 Å². The third-order valence-electron chi connectivity index (χ3n) is 4.29. The summed E-state index contributed by atoms with van der Waals surface area (Å²) < 4.78 is 6.76. The highest BCUT2D eigenvalue weighted by atomic mass is 28.4. The van der Waals surface area contributed by atoms with Gasteiger partial charge in [0.05, 0.1) is 0 Å². The molecule has 0 heterocycles. The Morgan fingerprint density at radius 3 is 1.78 bits per heavy atom. The molecule has 0 spiro atoms. The van der Waals surface area contributed by atoms with Gasteiger partial charge in [-0.05, 0) is 28.3 Å². The van der Waals surface area contributed by atoms with E-state index in [2.05, 4.69) is 88.0 Å². The van der Waals surface area contributed by atoms with Gasteiger partial charge in [-0.2, -0.15) is 0 Å². The number of hydrogen-bond acceptors (Lipinski definition) is 1. The molecule has 1 nitrogen and oxygen atoms in total. The molecule has 2 aromatic rings. The Balaban J connectivity index is 2.53. The lowest BCUT2D eigenvalue weighted by atomic mass is 10.2. The van der Waals surface area contributed by atoms with Crippen molar-refractivity contribution in [3.05, 3.63) is 73.3 Å². The highest BCUT2D eigenvalue weighted by molar-refractivity contribution is 6.99. The predicted molar refractivity (Wildman–Crippen MR) is 103 cm³/mol. The number of hydrogen-bond donors (Lipinski definition) is 0. The van der Waals surface area contributed by atoms with Crippen LogP contribution in [0.2, 0.25) is 5.04 Å². The highest BCUT2D eigenvalue weighted by Gasteiger charge is 2.49. The lowest BCUT2D eigenvalue weighted by Crippen LogP contribution is -2.66. The molecule has 2 aromatic carbocycles. The minimum Gasteiger partial charge on any atom is -0.407 e. The van der Waals surface area contributed by atoms with Crippen molar-refractivity contribution in [2.45, 2.75) is 38.7 Å². The van der Waals surface area contributed by atoms with Gasteiger partial charge in [0.2, 0.25) is 0 Å². The number of unbranched alkanes of at least 4 members (excludes halogenated alkanes) is 1. The quantitative estimate of drug-likeness (QED) is 0.413. The van der Waals surface area contributed by atoms with Crippen LogP contribution in [-0.2, 0) is 4.43 Å². The molecule has 2 rings (SSSR count). The maximum atomic E-state index is 6.76. The summed E-state index contributed by atoms with van der Waals surface area (Å²) in [5.41, 5.74) is 0. The van der Waals surface area contributed by atoms with E-state index in [0.717, 1.165) is 19.4 Å². The fraction of sp³-hybridized carbons (Fsp3) is 0.333. The Morgan fingerprint density at radius 1 is 0.913 bits per heavy atom. The Morgan fingerprint density at radius 2 is 1.39 bits per heavy atom. The molecule has 2 heteroatoms. The number of allylic oxidation sites excluding steroid dienone is 1. The molecule has 0 radical (unpaired) electrons. The topological polar surface area (TPSA) is 9.23 Å². The van der Waals surface area contributed by atoms with E-state index in [1.54, 1.807) is 0 Å². The molecule has 0 aliphatic heterocycles. The summed E-state index contributed by atoms with van der Waals surface area (Å²) in [6.45, 7) is 11.5. The first-order chi connectivity index (χ1) is 11.0. The first kappa shape index (κ1) is 17.7. The molecule has 0 saturated carbocycles. The summed E-state index contributed by atoms with van der Waals surface area (Å²) >= 11 is 0. The maximum Gasteiger partial charge on any atom is 0.261 e. The molecule has 23 heavy (non-hydrogen) atoms. The van der Waals surface area contributed by atoms with Gasteiger partial charge in [-0.25, -0.2) is 0 Å². The van der Waals surface area contributed by atoms with Gasteiger partial charge in [0.15, 0.2) is 0 Å². The van der Waals surface area contributed by atoms with Crippen molar-refractivity contribution in [3.63, 3.8) is 0 Å². The van der Waals surface area contributed by atoms with E-state index in [0.29, 0.717) is 0 Å². The first-order valence-electron chi connectivity index (χ1n) is 8.38. The number of benzene rings is 2. The van der Waals surface area contributed by atoms with Crippen LogP contribution in [0.5, 0.6) is 0 Å². The molecular formula is C21H28OSi. The second-order valence-corrected chi connectivity index (χ2v) is 11.2. The van der Waals surface area contributed by atoms with E-state index < -0.39 is 8.32 Å². The molecule has 0 aromatic heterocycles. The Kier molecular flexibility index (Phi) is 5.97. The molecule has 0 aliphatic rings. The van der Waals surface area contributed by atoms with Crippen LogP contribution in [0.1, 0.15) is 33.6 Å². The van der Waals surface area contributed by atoms with Gasteiger partial charge in [0.25, 0.3) is 8.32 Å². The van der Waals surface area contributed by atoms with Crippen molar-refractivity contribution in [1.29, 1.82) is 0 Å². The minimum absolute atomic E-state index is 0.0594. The first-order valence-corrected chi connectivity index (χ1v) is 10.3. The van der Waals surface area contributed by atoms with Gasteiger partial charge in [-0.3, -0.25) is 0 Å². The average Bonchev–Trinajstić information content (AvgIpc) is 2.55. The molecule has 0 bridgehead atoms. The zero-order valence-corrected chi connectivity index (χ0v) is 15.6. The van der Waals surface area contributed by atoms with Gasteiger partial charge in [0, 0.05) is 6.61 Å². The van der Waals surface area contributed by atoms with Crippen LogP contribution in [0.4, 0.5) is 0 Å². The Bertz CT molecular complexity index is 559. The fourth-order valence-corrected chi connectivity index (χ4v) is 7.82. The van der Waals surface area contributed by atoms with Crippen LogP contribution in [0, 0.1) is 0 Å². The summed E-state index contributed by atoms with van der Waals surface area (Å²) in [6, 6.07) is 21.6. The van der Waals surface area contributed by atoms with Crippen LogP contribution in [0.15, 0.2) is 73.3 Å². The summed E-state index contributed by atoms with van der Waals surface area (Å²) in [5, 5.41) is 2.75. The molecule has 0 fully saturated rings. The predicted octanol–water partition coefficient (Wildman–Crippen LogP) is 4.53. The van der Waals surface area contributed by atoms with Gasteiger partial charge in [-0.1, -0.05) is 87.5 Å². The van der Waals surface area contributed by atoms with Gasteiger partial charge < -0.3 is 4.43 Å². The van der Waals surface area contributed by atoms with Crippen LogP contribution < -0.4 is 10.4 Å². The van der Waals surface area contributed by atoms with Crippen molar-refractivity contribution in [2.24, 2.45) is 0 Å². The van der Waals surface area contributed by atoms with E-state index in [1.165, 1.54) is 10.4 Å².